The van der Waals surface area contributed by atoms with E-state index in [0.29, 0.717) is 44.3 Å². The molecule has 1 aromatic carbocycles. The number of hydrogen-bond acceptors (Lipinski definition) is 5. The fraction of sp³-hybridized carbons (Fsp3) is 0.533. The lowest BCUT2D eigenvalue weighted by atomic mass is 10.1. The molecule has 0 amide bonds. The maximum atomic E-state index is 10.9. The van der Waals surface area contributed by atoms with Gasteiger partial charge in [0, 0.05) is 32.8 Å². The highest BCUT2D eigenvalue weighted by Crippen LogP contribution is 2.32. The van der Waals surface area contributed by atoms with Crippen LogP contribution in [0.1, 0.15) is 12.0 Å². The summed E-state index contributed by atoms with van der Waals surface area (Å²) in [6, 6.07) is 5.38. The maximum Gasteiger partial charge on any atom is 0.345 e. The average molecular weight is 296 g/mol. The smallest absolute Gasteiger partial charge is 0.345 e. The molecule has 21 heavy (non-hydrogen) atoms. The first kappa shape index (κ1) is 15.6. The van der Waals surface area contributed by atoms with Crippen molar-refractivity contribution in [3.05, 3.63) is 23.8 Å². The summed E-state index contributed by atoms with van der Waals surface area (Å²) in [5, 5.41) is 8.94. The molecular weight excluding hydrogens is 276 g/mol. The van der Waals surface area contributed by atoms with Crippen LogP contribution in [0.4, 0.5) is 0 Å². The van der Waals surface area contributed by atoms with Gasteiger partial charge in [0.25, 0.3) is 0 Å². The van der Waals surface area contributed by atoms with Gasteiger partial charge in [-0.2, -0.15) is 0 Å². The zero-order valence-electron chi connectivity index (χ0n) is 12.0. The van der Waals surface area contributed by atoms with E-state index in [4.69, 9.17) is 24.1 Å². The standard InChI is InChI=1S/C15H20O6/c1-18-5-2-6-19-7-8-20-12-4-3-11-9-14(15(16)17)21-13(11)10-12/h3-4,10,14H,2,5-9H2,1H3,(H,16,17). The molecule has 1 atom stereocenters. The van der Waals surface area contributed by atoms with Crippen molar-refractivity contribution in [2.75, 3.05) is 33.5 Å². The second kappa shape index (κ2) is 7.85. The molecule has 0 spiro atoms. The Balaban J connectivity index is 1.71. The Kier molecular flexibility index (Phi) is 5.83. The van der Waals surface area contributed by atoms with E-state index in [1.54, 1.807) is 13.2 Å². The van der Waals surface area contributed by atoms with Crippen molar-refractivity contribution in [1.82, 2.24) is 0 Å². The van der Waals surface area contributed by atoms with E-state index in [0.717, 1.165) is 12.0 Å². The summed E-state index contributed by atoms with van der Waals surface area (Å²) in [5.74, 6) is 0.291. The largest absolute Gasteiger partial charge is 0.491 e. The molecule has 1 heterocycles. The van der Waals surface area contributed by atoms with E-state index in [1.807, 2.05) is 12.1 Å². The summed E-state index contributed by atoms with van der Waals surface area (Å²) in [4.78, 5) is 10.9. The van der Waals surface area contributed by atoms with Crippen LogP contribution in [0.2, 0.25) is 0 Å². The Morgan fingerprint density at radius 2 is 2.19 bits per heavy atom. The van der Waals surface area contributed by atoms with Crippen molar-refractivity contribution in [3.8, 4) is 11.5 Å². The minimum atomic E-state index is -0.946. The number of ether oxygens (including phenoxy) is 4. The van der Waals surface area contributed by atoms with Gasteiger partial charge in [0.05, 0.1) is 6.61 Å². The van der Waals surface area contributed by atoms with Crippen LogP contribution in [-0.4, -0.2) is 50.7 Å². The minimum Gasteiger partial charge on any atom is -0.491 e. The molecule has 0 aromatic heterocycles. The zero-order chi connectivity index (χ0) is 15.1. The van der Waals surface area contributed by atoms with Gasteiger partial charge in [-0.1, -0.05) is 6.07 Å². The van der Waals surface area contributed by atoms with Gasteiger partial charge >= 0.3 is 5.97 Å². The molecule has 1 unspecified atom stereocenters. The lowest BCUT2D eigenvalue weighted by molar-refractivity contribution is -0.144. The molecule has 1 aliphatic heterocycles. The number of hydrogen-bond donors (Lipinski definition) is 1. The molecule has 0 radical (unpaired) electrons. The SMILES string of the molecule is COCCCOCCOc1ccc2c(c1)OC(C(=O)O)C2. The van der Waals surface area contributed by atoms with Gasteiger partial charge in [-0.3, -0.25) is 0 Å². The highest BCUT2D eigenvalue weighted by molar-refractivity contribution is 5.74. The quantitative estimate of drug-likeness (QED) is 0.696. The molecule has 0 saturated heterocycles. The summed E-state index contributed by atoms with van der Waals surface area (Å²) < 4.78 is 21.2. The van der Waals surface area contributed by atoms with Crippen molar-refractivity contribution < 1.29 is 28.8 Å². The summed E-state index contributed by atoms with van der Waals surface area (Å²) in [7, 11) is 1.66. The highest BCUT2D eigenvalue weighted by Gasteiger charge is 2.28. The minimum absolute atomic E-state index is 0.396. The van der Waals surface area contributed by atoms with Crippen molar-refractivity contribution in [3.63, 3.8) is 0 Å². The number of carboxylic acids is 1. The molecule has 116 valence electrons. The molecule has 1 N–H and O–H groups in total. The van der Waals surface area contributed by atoms with Gasteiger partial charge in [0.1, 0.15) is 18.1 Å². The second-order valence-electron chi connectivity index (χ2n) is 4.73. The monoisotopic (exact) mass is 296 g/mol. The summed E-state index contributed by atoms with van der Waals surface area (Å²) in [6.45, 7) is 2.27. The molecule has 0 bridgehead atoms. The third-order valence-corrected chi connectivity index (χ3v) is 3.12. The Bertz CT molecular complexity index is 473. The molecule has 0 fully saturated rings. The van der Waals surface area contributed by atoms with Gasteiger partial charge < -0.3 is 24.1 Å². The molecule has 1 aliphatic rings. The average Bonchev–Trinajstić information content (AvgIpc) is 2.90. The van der Waals surface area contributed by atoms with Crippen molar-refractivity contribution in [1.29, 1.82) is 0 Å². The van der Waals surface area contributed by atoms with Crippen LogP contribution in [0.3, 0.4) is 0 Å². The third kappa shape index (κ3) is 4.61. The molecule has 2 rings (SSSR count). The molecule has 0 saturated carbocycles. The third-order valence-electron chi connectivity index (χ3n) is 3.12. The molecule has 0 aliphatic carbocycles. The lowest BCUT2D eigenvalue weighted by Gasteiger charge is -2.08. The van der Waals surface area contributed by atoms with Crippen LogP contribution < -0.4 is 9.47 Å². The maximum absolute atomic E-state index is 10.9. The van der Waals surface area contributed by atoms with Crippen LogP contribution in [0, 0.1) is 0 Å². The number of rotatable bonds is 9. The first-order chi connectivity index (χ1) is 10.2. The number of carbonyl (C=O) groups is 1. The van der Waals surface area contributed by atoms with Crippen molar-refractivity contribution in [2.24, 2.45) is 0 Å². The Morgan fingerprint density at radius 3 is 2.95 bits per heavy atom. The number of aliphatic carboxylic acids is 1. The predicted octanol–water partition coefficient (Wildman–Crippen LogP) is 1.51. The highest BCUT2D eigenvalue weighted by atomic mass is 16.5. The fourth-order valence-electron chi connectivity index (χ4n) is 2.06. The number of methoxy groups -OCH3 is 1. The molecule has 1 aromatic rings. The van der Waals surface area contributed by atoms with E-state index in [-0.39, 0.29) is 0 Å². The Labute approximate surface area is 123 Å². The number of benzene rings is 1. The normalized spacial score (nSPS) is 16.3. The lowest BCUT2D eigenvalue weighted by Crippen LogP contribution is -2.24. The molecule has 6 nitrogen and oxygen atoms in total. The van der Waals surface area contributed by atoms with Crippen LogP contribution >= 0.6 is 0 Å². The summed E-state index contributed by atoms with van der Waals surface area (Å²) in [5.41, 5.74) is 0.894. The number of fused-ring (bicyclic) bond motifs is 1. The van der Waals surface area contributed by atoms with E-state index in [9.17, 15) is 4.79 Å². The topological polar surface area (TPSA) is 74.2 Å². The zero-order valence-corrected chi connectivity index (χ0v) is 12.0. The van der Waals surface area contributed by atoms with E-state index >= 15 is 0 Å². The van der Waals surface area contributed by atoms with Crippen LogP contribution in [0.5, 0.6) is 11.5 Å². The van der Waals surface area contributed by atoms with E-state index < -0.39 is 12.1 Å². The number of carboxylic acid groups (broad SMARTS) is 1. The second-order valence-corrected chi connectivity index (χ2v) is 4.73. The Hall–Kier alpha value is -1.79. The van der Waals surface area contributed by atoms with Crippen molar-refractivity contribution in [2.45, 2.75) is 18.9 Å². The van der Waals surface area contributed by atoms with Gasteiger partial charge in [0.15, 0.2) is 6.10 Å². The predicted molar refractivity (Wildman–Crippen MR) is 75.0 cm³/mol. The van der Waals surface area contributed by atoms with Crippen LogP contribution in [0.25, 0.3) is 0 Å². The first-order valence-corrected chi connectivity index (χ1v) is 6.92. The summed E-state index contributed by atoms with van der Waals surface area (Å²) in [6.07, 6.45) is 0.465. The molecule has 6 heteroatoms. The Morgan fingerprint density at radius 1 is 1.33 bits per heavy atom. The molecular formula is C15H20O6. The summed E-state index contributed by atoms with van der Waals surface area (Å²) >= 11 is 0. The van der Waals surface area contributed by atoms with E-state index in [1.165, 1.54) is 0 Å². The first-order valence-electron chi connectivity index (χ1n) is 6.92. The van der Waals surface area contributed by atoms with Crippen molar-refractivity contribution >= 4 is 5.97 Å². The van der Waals surface area contributed by atoms with Gasteiger partial charge in [-0.15, -0.1) is 0 Å². The van der Waals surface area contributed by atoms with Gasteiger partial charge in [-0.05, 0) is 18.1 Å². The van der Waals surface area contributed by atoms with Crippen LogP contribution in [-0.2, 0) is 20.7 Å². The fourth-order valence-corrected chi connectivity index (χ4v) is 2.06. The van der Waals surface area contributed by atoms with Crippen LogP contribution in [0.15, 0.2) is 18.2 Å². The van der Waals surface area contributed by atoms with E-state index in [2.05, 4.69) is 0 Å². The van der Waals surface area contributed by atoms with Gasteiger partial charge in [0.2, 0.25) is 0 Å². The van der Waals surface area contributed by atoms with Gasteiger partial charge in [-0.25, -0.2) is 4.79 Å².